The van der Waals surface area contributed by atoms with Crippen molar-refractivity contribution in [3.63, 3.8) is 0 Å². The number of hydrogen-bond donors (Lipinski definition) is 1. The first-order valence-corrected chi connectivity index (χ1v) is 10.2. The Morgan fingerprint density at radius 3 is 2.71 bits per heavy atom. The number of thiophene rings is 1. The first-order valence-electron chi connectivity index (χ1n) is 9.37. The fourth-order valence-electron chi connectivity index (χ4n) is 3.09. The van der Waals surface area contributed by atoms with E-state index in [0.717, 1.165) is 43.2 Å². The third kappa shape index (κ3) is 4.46. The molecule has 2 aromatic heterocycles. The van der Waals surface area contributed by atoms with Crippen LogP contribution in [0.15, 0.2) is 47.0 Å². The number of carbonyl (C=O) groups excluding carboxylic acids is 1. The highest BCUT2D eigenvalue weighted by Gasteiger charge is 2.16. The number of carbonyl (C=O) groups is 1. The van der Waals surface area contributed by atoms with Crippen LogP contribution in [0.4, 0.5) is 0 Å². The molecular weight excluding hydrogens is 374 g/mol. The predicted octanol–water partition coefficient (Wildman–Crippen LogP) is 2.44. The summed E-state index contributed by atoms with van der Waals surface area (Å²) < 4.78 is 5.35. The number of hydrogen-bond acceptors (Lipinski definition) is 7. The Kier molecular flexibility index (Phi) is 5.80. The number of benzene rings is 1. The van der Waals surface area contributed by atoms with Crippen molar-refractivity contribution in [3.05, 3.63) is 47.3 Å². The van der Waals surface area contributed by atoms with Crippen molar-refractivity contribution >= 4 is 17.2 Å². The van der Waals surface area contributed by atoms with Gasteiger partial charge in [0.25, 0.3) is 11.8 Å². The summed E-state index contributed by atoms with van der Waals surface area (Å²) in [5, 5.41) is 7.05. The van der Waals surface area contributed by atoms with E-state index < -0.39 is 0 Å². The van der Waals surface area contributed by atoms with Gasteiger partial charge >= 0.3 is 0 Å². The van der Waals surface area contributed by atoms with Gasteiger partial charge in [-0.05, 0) is 31.3 Å². The molecule has 0 aliphatic carbocycles. The molecule has 28 heavy (non-hydrogen) atoms. The molecule has 1 amide bonds. The van der Waals surface area contributed by atoms with E-state index in [1.54, 1.807) is 0 Å². The minimum absolute atomic E-state index is 0.0582. The third-order valence-electron chi connectivity index (χ3n) is 4.81. The molecule has 0 unspecified atom stereocenters. The average molecular weight is 398 g/mol. The molecule has 0 spiro atoms. The molecule has 1 saturated heterocycles. The molecule has 3 heterocycles. The molecule has 7 nitrogen and oxygen atoms in total. The second kappa shape index (κ2) is 8.64. The van der Waals surface area contributed by atoms with Gasteiger partial charge in [-0.1, -0.05) is 23.4 Å². The molecule has 146 valence electrons. The van der Waals surface area contributed by atoms with E-state index in [0.29, 0.717) is 23.1 Å². The zero-order valence-corrected chi connectivity index (χ0v) is 16.6. The largest absolute Gasteiger partial charge is 0.350 e. The number of aromatic nitrogens is 2. The Bertz CT molecular complexity index is 916. The molecule has 1 aromatic carbocycles. The Morgan fingerprint density at radius 1 is 1.14 bits per heavy atom. The Hall–Kier alpha value is -2.55. The van der Waals surface area contributed by atoms with Gasteiger partial charge in [-0.15, -0.1) is 11.3 Å². The highest BCUT2D eigenvalue weighted by Crippen LogP contribution is 2.28. The Morgan fingerprint density at radius 2 is 1.93 bits per heavy atom. The summed E-state index contributed by atoms with van der Waals surface area (Å²) in [5.74, 6) is 0.916. The number of nitrogens with one attached hydrogen (secondary N) is 1. The SMILES string of the molecule is CN1CCN(CCNC(=O)c2ccc(-c3noc(-c4ccccc4)n3)s2)CC1. The topological polar surface area (TPSA) is 74.5 Å². The fraction of sp³-hybridized carbons (Fsp3) is 0.350. The standard InChI is InChI=1S/C20H23N5O2S/c1-24-11-13-25(14-12-24)10-9-21-19(26)17-8-7-16(28-17)18-22-20(27-23-18)15-5-3-2-4-6-15/h2-8H,9-14H2,1H3,(H,21,26). The number of likely N-dealkylation sites (N-methyl/N-ethyl adjacent to an activating group) is 1. The van der Waals surface area contributed by atoms with Gasteiger partial charge in [-0.2, -0.15) is 4.98 Å². The van der Waals surface area contributed by atoms with E-state index in [2.05, 4.69) is 32.3 Å². The number of amides is 1. The van der Waals surface area contributed by atoms with Crippen LogP contribution in [0.5, 0.6) is 0 Å². The third-order valence-corrected chi connectivity index (χ3v) is 5.89. The van der Waals surface area contributed by atoms with Crippen LogP contribution in [0, 0.1) is 0 Å². The first-order chi connectivity index (χ1) is 13.7. The molecule has 1 N–H and O–H groups in total. The average Bonchev–Trinajstić information content (AvgIpc) is 3.40. The minimum Gasteiger partial charge on any atom is -0.350 e. The number of rotatable bonds is 6. The molecule has 0 radical (unpaired) electrons. The smallest absolute Gasteiger partial charge is 0.261 e. The van der Waals surface area contributed by atoms with Crippen LogP contribution in [0.3, 0.4) is 0 Å². The second-order valence-corrected chi connectivity index (χ2v) is 7.94. The summed E-state index contributed by atoms with van der Waals surface area (Å²) in [7, 11) is 2.14. The number of nitrogens with zero attached hydrogens (tertiary/aromatic N) is 4. The van der Waals surface area contributed by atoms with E-state index in [4.69, 9.17) is 4.52 Å². The van der Waals surface area contributed by atoms with Crippen molar-refractivity contribution in [2.75, 3.05) is 46.3 Å². The van der Waals surface area contributed by atoms with Crippen molar-refractivity contribution in [1.29, 1.82) is 0 Å². The molecule has 1 aliphatic rings. The van der Waals surface area contributed by atoms with E-state index in [9.17, 15) is 4.79 Å². The molecule has 0 atom stereocenters. The summed E-state index contributed by atoms with van der Waals surface area (Å²) in [6.45, 7) is 5.79. The van der Waals surface area contributed by atoms with Crippen LogP contribution in [-0.4, -0.2) is 72.2 Å². The van der Waals surface area contributed by atoms with E-state index >= 15 is 0 Å². The summed E-state index contributed by atoms with van der Waals surface area (Å²) in [5.41, 5.74) is 0.875. The first kappa shape index (κ1) is 18.8. The molecule has 4 rings (SSSR count). The van der Waals surface area contributed by atoms with Gasteiger partial charge in [0.1, 0.15) is 0 Å². The van der Waals surface area contributed by atoms with Crippen LogP contribution in [-0.2, 0) is 0 Å². The summed E-state index contributed by atoms with van der Waals surface area (Å²) >= 11 is 1.37. The van der Waals surface area contributed by atoms with E-state index in [1.165, 1.54) is 11.3 Å². The lowest BCUT2D eigenvalue weighted by Crippen LogP contribution is -2.46. The van der Waals surface area contributed by atoms with Crippen LogP contribution in [0.1, 0.15) is 9.67 Å². The lowest BCUT2D eigenvalue weighted by Gasteiger charge is -2.32. The van der Waals surface area contributed by atoms with Gasteiger partial charge in [0.15, 0.2) is 0 Å². The number of piperazine rings is 1. The van der Waals surface area contributed by atoms with Crippen molar-refractivity contribution in [2.24, 2.45) is 0 Å². The summed E-state index contributed by atoms with van der Waals surface area (Å²) in [6.07, 6.45) is 0. The maximum atomic E-state index is 12.4. The van der Waals surface area contributed by atoms with Gasteiger partial charge in [0.05, 0.1) is 9.75 Å². The van der Waals surface area contributed by atoms with Crippen LogP contribution in [0.2, 0.25) is 0 Å². The van der Waals surface area contributed by atoms with E-state index in [-0.39, 0.29) is 5.91 Å². The van der Waals surface area contributed by atoms with Crippen LogP contribution >= 0.6 is 11.3 Å². The van der Waals surface area contributed by atoms with Crippen molar-refractivity contribution in [1.82, 2.24) is 25.3 Å². The lowest BCUT2D eigenvalue weighted by molar-refractivity contribution is 0.0945. The minimum atomic E-state index is -0.0582. The molecule has 3 aromatic rings. The maximum Gasteiger partial charge on any atom is 0.261 e. The molecule has 8 heteroatoms. The van der Waals surface area contributed by atoms with Gasteiger partial charge in [-0.3, -0.25) is 9.69 Å². The Balaban J connectivity index is 1.32. The van der Waals surface area contributed by atoms with Gasteiger partial charge in [0, 0.05) is 44.8 Å². The second-order valence-electron chi connectivity index (χ2n) is 6.85. The Labute approximate surface area is 168 Å². The zero-order valence-electron chi connectivity index (χ0n) is 15.8. The summed E-state index contributed by atoms with van der Waals surface area (Å²) in [6, 6.07) is 13.3. The predicted molar refractivity (Wildman–Crippen MR) is 109 cm³/mol. The molecule has 0 saturated carbocycles. The summed E-state index contributed by atoms with van der Waals surface area (Å²) in [4.78, 5) is 23.0. The molecule has 1 aliphatic heterocycles. The highest BCUT2D eigenvalue weighted by atomic mass is 32.1. The molecule has 0 bridgehead atoms. The van der Waals surface area contributed by atoms with Gasteiger partial charge in [-0.25, -0.2) is 0 Å². The van der Waals surface area contributed by atoms with Gasteiger partial charge in [0.2, 0.25) is 5.82 Å². The molecule has 1 fully saturated rings. The van der Waals surface area contributed by atoms with Crippen molar-refractivity contribution in [3.8, 4) is 22.2 Å². The normalized spacial score (nSPS) is 15.6. The monoisotopic (exact) mass is 397 g/mol. The zero-order chi connectivity index (χ0) is 19.3. The molecular formula is C20H23N5O2S. The van der Waals surface area contributed by atoms with Crippen molar-refractivity contribution < 1.29 is 9.32 Å². The fourth-order valence-corrected chi connectivity index (χ4v) is 3.94. The highest BCUT2D eigenvalue weighted by molar-refractivity contribution is 7.17. The van der Waals surface area contributed by atoms with Crippen LogP contribution in [0.25, 0.3) is 22.2 Å². The van der Waals surface area contributed by atoms with Crippen molar-refractivity contribution in [2.45, 2.75) is 0 Å². The van der Waals surface area contributed by atoms with E-state index in [1.807, 2.05) is 42.5 Å². The van der Waals surface area contributed by atoms with Crippen LogP contribution < -0.4 is 5.32 Å². The lowest BCUT2D eigenvalue weighted by atomic mass is 10.2. The maximum absolute atomic E-state index is 12.4. The quantitative estimate of drug-likeness (QED) is 0.689. The van der Waals surface area contributed by atoms with Gasteiger partial charge < -0.3 is 14.7 Å².